The predicted octanol–water partition coefficient (Wildman–Crippen LogP) is 14.7. The van der Waals surface area contributed by atoms with Crippen molar-refractivity contribution in [3.63, 3.8) is 0 Å². The molecular formula is C50H29F2N. The maximum atomic E-state index is 17.7. The quantitative estimate of drug-likeness (QED) is 0.133. The molecule has 0 fully saturated rings. The minimum atomic E-state index is -0.400. The van der Waals surface area contributed by atoms with Gasteiger partial charge in [0.1, 0.15) is 11.6 Å². The minimum absolute atomic E-state index is 0.304. The summed E-state index contributed by atoms with van der Waals surface area (Å²) in [5.41, 5.74) is 2.93. The van der Waals surface area contributed by atoms with E-state index in [1.54, 1.807) is 0 Å². The van der Waals surface area contributed by atoms with Crippen molar-refractivity contribution >= 4 is 103 Å². The summed E-state index contributed by atoms with van der Waals surface area (Å²) in [4.78, 5) is 2.26. The van der Waals surface area contributed by atoms with Crippen LogP contribution in [0.1, 0.15) is 0 Å². The average molecular weight is 682 g/mol. The molecule has 0 saturated heterocycles. The zero-order chi connectivity index (χ0) is 35.2. The Morgan fingerprint density at radius 3 is 1.04 bits per heavy atom. The Morgan fingerprint density at radius 1 is 0.264 bits per heavy atom. The van der Waals surface area contributed by atoms with E-state index in [-0.39, 0.29) is 0 Å². The Labute approximate surface area is 303 Å². The highest BCUT2D eigenvalue weighted by Gasteiger charge is 2.24. The molecule has 0 N–H and O–H groups in total. The fourth-order valence-electron chi connectivity index (χ4n) is 8.70. The summed E-state index contributed by atoms with van der Waals surface area (Å²) >= 11 is 0. The van der Waals surface area contributed by atoms with Crippen molar-refractivity contribution in [2.24, 2.45) is 0 Å². The number of benzene rings is 11. The fraction of sp³-hybridized carbons (Fsp3) is 0. The lowest BCUT2D eigenvalue weighted by Gasteiger charge is -2.27. The smallest absolute Gasteiger partial charge is 0.140 e. The fourth-order valence-corrected chi connectivity index (χ4v) is 8.70. The molecule has 3 heteroatoms. The summed E-state index contributed by atoms with van der Waals surface area (Å²) in [6.45, 7) is 0. The first-order valence-electron chi connectivity index (χ1n) is 17.9. The van der Waals surface area contributed by atoms with Crippen molar-refractivity contribution < 1.29 is 8.78 Å². The monoisotopic (exact) mass is 681 g/mol. The van der Waals surface area contributed by atoms with Crippen LogP contribution in [0.2, 0.25) is 0 Å². The highest BCUT2D eigenvalue weighted by Crippen LogP contribution is 2.47. The molecule has 1 nitrogen and oxygen atoms in total. The maximum Gasteiger partial charge on any atom is 0.140 e. The van der Waals surface area contributed by atoms with Crippen LogP contribution in [0.15, 0.2) is 176 Å². The summed E-state index contributed by atoms with van der Waals surface area (Å²) in [5.74, 6) is -0.794. The molecule has 53 heavy (non-hydrogen) atoms. The van der Waals surface area contributed by atoms with E-state index >= 15 is 8.78 Å². The van der Waals surface area contributed by atoms with E-state index in [4.69, 9.17) is 0 Å². The molecule has 0 aliphatic heterocycles. The Morgan fingerprint density at radius 2 is 0.585 bits per heavy atom. The highest BCUT2D eigenvalue weighted by molar-refractivity contribution is 6.33. The molecule has 0 saturated carbocycles. The van der Waals surface area contributed by atoms with Crippen LogP contribution in [0.25, 0.3) is 86.2 Å². The lowest BCUT2D eigenvalue weighted by Crippen LogP contribution is -2.10. The van der Waals surface area contributed by atoms with Crippen LogP contribution in [0, 0.1) is 11.6 Å². The zero-order valence-electron chi connectivity index (χ0n) is 28.4. The standard InChI is InChI=1S/C50H29F2N/c51-49-45-40-18-8-5-15-37(40)38-16-6-9-19-41(38)46(45)50(52)48-43-26-25-36(29-44(43)39-17-7-10-20-42(39)47(48)49)53(34-23-21-30-11-1-3-13-32(30)27-34)35-24-22-31-12-2-4-14-33(31)28-35/h1-29H. The highest BCUT2D eigenvalue weighted by atomic mass is 19.1. The normalized spacial score (nSPS) is 12.0. The van der Waals surface area contributed by atoms with Gasteiger partial charge in [-0.05, 0) is 101 Å². The van der Waals surface area contributed by atoms with E-state index in [1.165, 1.54) is 0 Å². The van der Waals surface area contributed by atoms with Crippen LogP contribution >= 0.6 is 0 Å². The van der Waals surface area contributed by atoms with Crippen LogP contribution in [-0.2, 0) is 0 Å². The predicted molar refractivity (Wildman–Crippen MR) is 221 cm³/mol. The first-order chi connectivity index (χ1) is 26.1. The molecule has 11 aromatic carbocycles. The Hall–Kier alpha value is -6.84. The second kappa shape index (κ2) is 11.3. The first-order valence-corrected chi connectivity index (χ1v) is 17.9. The lowest BCUT2D eigenvalue weighted by atomic mass is 9.87. The third-order valence-corrected chi connectivity index (χ3v) is 11.1. The van der Waals surface area contributed by atoms with Gasteiger partial charge in [0.05, 0.1) is 0 Å². The molecule has 0 atom stereocenters. The van der Waals surface area contributed by atoms with Gasteiger partial charge in [0.25, 0.3) is 0 Å². The summed E-state index contributed by atoms with van der Waals surface area (Å²) in [7, 11) is 0. The van der Waals surface area contributed by atoms with Gasteiger partial charge in [-0.3, -0.25) is 0 Å². The maximum absolute atomic E-state index is 17.7. The minimum Gasteiger partial charge on any atom is -0.310 e. The van der Waals surface area contributed by atoms with Gasteiger partial charge in [0.2, 0.25) is 0 Å². The van der Waals surface area contributed by atoms with Gasteiger partial charge >= 0.3 is 0 Å². The SMILES string of the molecule is Fc1c2c3ccccc3c3ccccc3c2c(F)c2c3ccc(N(c4ccc5ccccc5c4)c4ccc5ccccc5c4)cc3c3ccccc3c12. The topological polar surface area (TPSA) is 3.24 Å². The average Bonchev–Trinajstić information content (AvgIpc) is 3.22. The number of hydrogen-bond donors (Lipinski definition) is 0. The number of hydrogen-bond acceptors (Lipinski definition) is 1. The van der Waals surface area contributed by atoms with Gasteiger partial charge in [-0.15, -0.1) is 0 Å². The van der Waals surface area contributed by atoms with Crippen molar-refractivity contribution in [1.29, 1.82) is 0 Å². The molecule has 0 amide bonds. The third kappa shape index (κ3) is 4.34. The second-order valence-electron chi connectivity index (χ2n) is 13.9. The second-order valence-corrected chi connectivity index (χ2v) is 13.9. The van der Waals surface area contributed by atoms with Gasteiger partial charge in [0.15, 0.2) is 0 Å². The van der Waals surface area contributed by atoms with Crippen LogP contribution in [0.3, 0.4) is 0 Å². The van der Waals surface area contributed by atoms with Gasteiger partial charge < -0.3 is 4.90 Å². The Bertz CT molecular complexity index is 3250. The molecule has 0 unspecified atom stereocenters. The molecular weight excluding hydrogens is 653 g/mol. The van der Waals surface area contributed by atoms with Crippen molar-refractivity contribution in [3.05, 3.63) is 188 Å². The Balaban J connectivity index is 1.26. The van der Waals surface area contributed by atoms with E-state index in [1.807, 2.05) is 84.9 Å². The van der Waals surface area contributed by atoms with E-state index in [2.05, 4.69) is 95.9 Å². The van der Waals surface area contributed by atoms with Crippen LogP contribution < -0.4 is 4.90 Å². The van der Waals surface area contributed by atoms with E-state index in [0.29, 0.717) is 43.1 Å². The molecule has 11 aromatic rings. The zero-order valence-corrected chi connectivity index (χ0v) is 28.4. The van der Waals surface area contributed by atoms with E-state index in [0.717, 1.165) is 60.2 Å². The van der Waals surface area contributed by atoms with Crippen molar-refractivity contribution in [3.8, 4) is 0 Å². The van der Waals surface area contributed by atoms with Crippen molar-refractivity contribution in [2.45, 2.75) is 0 Å². The molecule has 11 rings (SSSR count). The number of halogens is 2. The molecule has 0 bridgehead atoms. The lowest BCUT2D eigenvalue weighted by molar-refractivity contribution is 0.637. The number of anilines is 3. The third-order valence-electron chi connectivity index (χ3n) is 11.1. The molecule has 0 aliphatic carbocycles. The van der Waals surface area contributed by atoms with E-state index in [9.17, 15) is 0 Å². The summed E-state index contributed by atoms with van der Waals surface area (Å²) < 4.78 is 35.2. The molecule has 0 aliphatic rings. The molecule has 248 valence electrons. The number of rotatable bonds is 3. The molecule has 0 radical (unpaired) electrons. The van der Waals surface area contributed by atoms with Gasteiger partial charge in [-0.2, -0.15) is 0 Å². The summed E-state index contributed by atoms with van der Waals surface area (Å²) in [6.07, 6.45) is 0. The van der Waals surface area contributed by atoms with Gasteiger partial charge in [0, 0.05) is 38.6 Å². The van der Waals surface area contributed by atoms with Crippen molar-refractivity contribution in [2.75, 3.05) is 4.90 Å². The van der Waals surface area contributed by atoms with Gasteiger partial charge in [-0.1, -0.05) is 140 Å². The summed E-state index contributed by atoms with van der Waals surface area (Å²) in [5, 5.41) is 12.2. The largest absolute Gasteiger partial charge is 0.310 e. The number of fused-ring (bicyclic) bond motifs is 14. The van der Waals surface area contributed by atoms with Crippen molar-refractivity contribution in [1.82, 2.24) is 0 Å². The summed E-state index contributed by atoms with van der Waals surface area (Å²) in [6, 6.07) is 59.3. The molecule has 0 aromatic heterocycles. The Kier molecular flexibility index (Phi) is 6.38. The first kappa shape index (κ1) is 29.8. The van der Waals surface area contributed by atoms with E-state index < -0.39 is 11.6 Å². The molecule has 0 spiro atoms. The van der Waals surface area contributed by atoms with Crippen LogP contribution in [0.5, 0.6) is 0 Å². The van der Waals surface area contributed by atoms with Gasteiger partial charge in [-0.25, -0.2) is 8.78 Å². The van der Waals surface area contributed by atoms with Crippen LogP contribution in [0.4, 0.5) is 25.8 Å². The number of nitrogens with zero attached hydrogens (tertiary/aromatic N) is 1. The van der Waals surface area contributed by atoms with Crippen LogP contribution in [-0.4, -0.2) is 0 Å². The molecule has 0 heterocycles.